The van der Waals surface area contributed by atoms with Crippen LogP contribution in [0.5, 0.6) is 0 Å². The summed E-state index contributed by atoms with van der Waals surface area (Å²) in [7, 11) is -8.30. The molecule has 29 heteroatoms. The van der Waals surface area contributed by atoms with Gasteiger partial charge in [-0.3, -0.25) is 29.0 Å². The molecule has 13 aromatic rings. The molecule has 19 rings (SSSR count). The van der Waals surface area contributed by atoms with Gasteiger partial charge in [-0.05, 0) is 96.3 Å². The van der Waals surface area contributed by atoms with Gasteiger partial charge in [-0.15, -0.1) is 0 Å². The molecule has 6 aliphatic heterocycles. The predicted molar refractivity (Wildman–Crippen MR) is 546 cm³/mol. The smallest absolute Gasteiger partial charge is 0.262 e. The van der Waals surface area contributed by atoms with Gasteiger partial charge < -0.3 is 85.7 Å². The quantitative estimate of drug-likeness (QED) is 0.0236. The number of hydrogen-bond donors (Lipinski definition) is 3. The second-order valence-electron chi connectivity index (χ2n) is 38.2. The number of carbonyl (C=O) groups is 4. The van der Waals surface area contributed by atoms with Gasteiger partial charge in [0.25, 0.3) is 31.9 Å². The normalized spacial score (nSPS) is 25.3. The summed E-state index contributed by atoms with van der Waals surface area (Å²) in [6.45, 7) is 3.63. The van der Waals surface area contributed by atoms with Crippen LogP contribution in [0.1, 0.15) is 107 Å². The molecule has 0 aliphatic carbocycles. The summed E-state index contributed by atoms with van der Waals surface area (Å²) >= 11 is 0. The van der Waals surface area contributed by atoms with E-state index in [0.717, 1.165) is 42.4 Å². The van der Waals surface area contributed by atoms with Crippen molar-refractivity contribution in [2.24, 2.45) is 0 Å². The number of sulfonamides is 1. The molecule has 0 radical (unpaired) electrons. The third-order valence-corrected chi connectivity index (χ3v) is 34.0. The van der Waals surface area contributed by atoms with Crippen LogP contribution in [0.15, 0.2) is 387 Å². The highest BCUT2D eigenvalue weighted by Crippen LogP contribution is 2.46. The molecule has 20 atom stereocenters. The van der Waals surface area contributed by atoms with Crippen LogP contribution in [0.3, 0.4) is 0 Å². The maximum atomic E-state index is 16.5. The van der Waals surface area contributed by atoms with E-state index in [1.54, 1.807) is 66.7 Å². The van der Waals surface area contributed by atoms with Gasteiger partial charge in [-0.25, -0.2) is 13.1 Å². The Hall–Kier alpha value is -12.5. The number of aliphatic hydroxyl groups is 2. The second-order valence-corrected chi connectivity index (χ2v) is 44.2. The summed E-state index contributed by atoms with van der Waals surface area (Å²) < 4.78 is 152. The Kier molecular flexibility index (Phi) is 33.8. The van der Waals surface area contributed by atoms with E-state index in [1.807, 2.05) is 279 Å². The number of fused-ring (bicyclic) bond motifs is 2. The van der Waals surface area contributed by atoms with Crippen LogP contribution in [-0.4, -0.2) is 209 Å². The Bertz CT molecular complexity index is 6450. The van der Waals surface area contributed by atoms with Crippen LogP contribution in [0, 0.1) is 0 Å². The average molecular weight is 2020 g/mol. The molecule has 4 amide bonds. The van der Waals surface area contributed by atoms with Crippen molar-refractivity contribution in [2.45, 2.75) is 206 Å². The Labute approximate surface area is 856 Å². The van der Waals surface area contributed by atoms with E-state index < -0.39 is 183 Å². The van der Waals surface area contributed by atoms with Crippen molar-refractivity contribution in [1.82, 2.24) is 14.5 Å². The van der Waals surface area contributed by atoms with E-state index in [0.29, 0.717) is 22.3 Å². The minimum atomic E-state index is -4.61. The first-order valence-electron chi connectivity index (χ1n) is 49.6. The molecule has 0 unspecified atom stereocenters. The minimum Gasteiger partial charge on any atom is -0.405 e. The molecule has 0 saturated carbocycles. The third kappa shape index (κ3) is 23.8. The third-order valence-electron chi connectivity index (χ3n) is 27.5. The Morgan fingerprint density at radius 3 is 0.973 bits per heavy atom. The molecule has 6 aliphatic rings. The molecule has 0 aromatic heterocycles. The first-order valence-corrected chi connectivity index (χ1v) is 53.0. The fourth-order valence-electron chi connectivity index (χ4n) is 20.3. The molecule has 27 nitrogen and oxygen atoms in total. The highest BCUT2D eigenvalue weighted by molar-refractivity contribution is 7.89. The zero-order valence-electron chi connectivity index (χ0n) is 81.6. The van der Waals surface area contributed by atoms with Crippen LogP contribution in [0.25, 0.3) is 0 Å². The molecule has 0 spiro atoms. The van der Waals surface area contributed by atoms with Crippen molar-refractivity contribution in [3.63, 3.8) is 0 Å². The number of nitrogens with one attached hydrogen (secondary N) is 1. The molecule has 147 heavy (non-hydrogen) atoms. The minimum absolute atomic E-state index is 0.00610. The van der Waals surface area contributed by atoms with Gasteiger partial charge in [0, 0.05) is 0 Å². The number of benzene rings is 13. The van der Waals surface area contributed by atoms with Gasteiger partial charge in [-0.2, -0.15) is 0 Å². The Morgan fingerprint density at radius 2 is 0.592 bits per heavy atom. The van der Waals surface area contributed by atoms with Crippen LogP contribution in [-0.2, 0) is 138 Å². The number of nitrogens with zero attached hydrogens (tertiary/aromatic N) is 2. The fraction of sp³-hybridized carbons (Fsp3) is 0.305. The van der Waals surface area contributed by atoms with Crippen LogP contribution in [0.4, 0.5) is 0 Å². The number of hydrogen-bond acceptors (Lipinski definition) is 24. The van der Waals surface area contributed by atoms with Gasteiger partial charge in [-0.1, -0.05) is 367 Å². The summed E-state index contributed by atoms with van der Waals surface area (Å²) in [5.74, 6) is -3.00. The maximum absolute atomic E-state index is 16.5. The van der Waals surface area contributed by atoms with Gasteiger partial charge >= 0.3 is 0 Å². The molecule has 0 bridgehead atoms. The molecule has 4 fully saturated rings. The molecular weight excluding hydrogens is 1900 g/mol. The van der Waals surface area contributed by atoms with Crippen molar-refractivity contribution in [3.8, 4) is 0 Å². The maximum Gasteiger partial charge on any atom is 0.262 e. The second kappa shape index (κ2) is 48.2. The average Bonchev–Trinajstić information content (AvgIpc) is 1.71. The molecule has 3 N–H and O–H groups in total. The predicted octanol–water partition coefficient (Wildman–Crippen LogP) is 15.2. The zero-order chi connectivity index (χ0) is 101. The van der Waals surface area contributed by atoms with Crippen molar-refractivity contribution in [1.29, 1.82) is 0 Å². The van der Waals surface area contributed by atoms with Crippen molar-refractivity contribution in [3.05, 3.63) is 449 Å². The standard InChI is InChI=1S/C118H119N3O24SSi/c1-118(2,3)147(88-59-33-13-34-60-88,89-61-35-14-36-62-89)138-78-97-105(107(134-72-83-49-23-8-24-50-83)99(115(141-97)137-75-86-55-29-11-30-56-86)120-110(124)90-63-37-38-64-91(90)111(120)125)144-116-100(121-112(126)92-65-39-40-66-93(92)113(121)127)108(135-73-84-51-25-9-26-52-84)104(96(142-116)77-131-69-80-43-17-5-18-44-80)145-117-109(136-74-85-53-27-10-28-54-85)101(123)102(94(67-122)139-117)143-114-98(119-146(128,129)87-57-31-12-32-58-87)106(133-71-82-47-21-7-22-48-82)103(132-70-81-45-19-6-20-46-81)95(140-114)76-130-68-79-41-15-4-16-42-79/h4-66,94-109,114-117,119,122-123H,67-78H2,1-3H3/t94-,95-,96-,97-,98-,99-,100-,101+,102-,103-,104-,105-,106-,107-,108-,109+,114+,115-,116+,117+/m1/s1. The van der Waals surface area contributed by atoms with E-state index in [4.69, 9.17) is 75.5 Å². The number of aliphatic hydroxyl groups excluding tert-OH is 2. The lowest BCUT2D eigenvalue weighted by Gasteiger charge is -2.54. The van der Waals surface area contributed by atoms with Gasteiger partial charge in [0.1, 0.15) is 97.5 Å². The SMILES string of the molecule is CC(C)(C)[Si](OC[C@H]1O[C@@H](OCc2ccccc2)[C@H](N2C(=O)c3ccccc3C2=O)[C@@H](OCc2ccccc2)[C@@H]1O[C@@H]1O[C@H](COCc2ccccc2)[C@@H](O[C@@H]2O[C@H](CO)[C@@H](O[C@@H]3O[C@H](COCc4ccccc4)[C@@H](OCc4ccccc4)[C@H](OCc4ccccc4)[C@H]3NS(=O)(=O)c3ccccc3)[C@H](O)[C@@H]2OCc2ccccc2)[C@H](OCc2ccccc2)[C@H]1N1C(=O)c2ccccc2C1=O)(c1ccccc1)c1ccccc1. The number of carbonyl (C=O) groups excluding carboxylic acids is 4. The first kappa shape index (κ1) is 103. The van der Waals surface area contributed by atoms with Gasteiger partial charge in [0.05, 0.1) is 106 Å². The summed E-state index contributed by atoms with van der Waals surface area (Å²) in [6, 6.07) is 110. The number of amides is 4. The monoisotopic (exact) mass is 2020 g/mol. The summed E-state index contributed by atoms with van der Waals surface area (Å²) in [4.78, 5) is 67.0. The van der Waals surface area contributed by atoms with Crippen molar-refractivity contribution < 1.29 is 113 Å². The summed E-state index contributed by atoms with van der Waals surface area (Å²) in [5, 5.41) is 27.7. The van der Waals surface area contributed by atoms with E-state index in [-0.39, 0.29) is 93.2 Å². The largest absolute Gasteiger partial charge is 0.405 e. The molecule has 760 valence electrons. The molecule has 13 aromatic carbocycles. The highest BCUT2D eigenvalue weighted by Gasteiger charge is 2.64. The first-order chi connectivity index (χ1) is 71.8. The van der Waals surface area contributed by atoms with Crippen LogP contribution >= 0.6 is 0 Å². The summed E-state index contributed by atoms with van der Waals surface area (Å²) in [6.07, 6.45) is -27.5. The van der Waals surface area contributed by atoms with E-state index in [2.05, 4.69) is 49.8 Å². The van der Waals surface area contributed by atoms with E-state index in [1.165, 1.54) is 12.1 Å². The van der Waals surface area contributed by atoms with Crippen molar-refractivity contribution >= 4 is 52.3 Å². The van der Waals surface area contributed by atoms with Crippen LogP contribution in [0.2, 0.25) is 5.04 Å². The molecule has 6 heterocycles. The Balaban J connectivity index is 0.766. The molecular formula is C118H119N3O24SSi. The number of rotatable bonds is 43. The van der Waals surface area contributed by atoms with Crippen LogP contribution < -0.4 is 15.1 Å². The lowest BCUT2D eigenvalue weighted by Crippen LogP contribution is -2.72. The molecule has 4 saturated heterocycles. The number of imide groups is 2. The van der Waals surface area contributed by atoms with E-state index in [9.17, 15) is 10.2 Å². The lowest BCUT2D eigenvalue weighted by molar-refractivity contribution is -0.385. The Morgan fingerprint density at radius 1 is 0.306 bits per heavy atom. The topological polar surface area (TPSA) is 309 Å². The highest BCUT2D eigenvalue weighted by atomic mass is 32.2. The van der Waals surface area contributed by atoms with Gasteiger partial charge in [0.2, 0.25) is 10.0 Å². The van der Waals surface area contributed by atoms with E-state index >= 15 is 27.6 Å². The van der Waals surface area contributed by atoms with Crippen molar-refractivity contribution in [2.75, 3.05) is 26.4 Å². The van der Waals surface area contributed by atoms with Gasteiger partial charge in [0.15, 0.2) is 25.2 Å². The lowest BCUT2D eigenvalue weighted by atomic mass is 9.92. The summed E-state index contributed by atoms with van der Waals surface area (Å²) in [5.41, 5.74) is 5.89. The zero-order valence-corrected chi connectivity index (χ0v) is 83.4. The number of ether oxygens (including phenoxy) is 15. The fourth-order valence-corrected chi connectivity index (χ4v) is 26.1.